The Balaban J connectivity index is 1.17. The Labute approximate surface area is 212 Å². The molecule has 1 saturated carbocycles. The standard InChI is InChI=1S/C28H35N3O5/c1-34-23-9-6-20(7-10-23)12-13-29-27(32)26(21-4-2-3-5-21)30-14-16-31(17-15-30)28(33)22-8-11-24-25(18-22)36-19-35-24/h6-11,18,21,26H,2-5,12-17,19H2,1H3,(H,29,32)/t26-/m0/s1. The number of hydrogen-bond acceptors (Lipinski definition) is 6. The molecule has 2 aliphatic heterocycles. The van der Waals surface area contributed by atoms with Crippen LogP contribution in [0.1, 0.15) is 41.6 Å². The van der Waals surface area contributed by atoms with Gasteiger partial charge in [0.2, 0.25) is 12.7 Å². The Kier molecular flexibility index (Phi) is 7.60. The van der Waals surface area contributed by atoms with E-state index in [1.807, 2.05) is 29.2 Å². The van der Waals surface area contributed by atoms with Crippen molar-refractivity contribution in [3.8, 4) is 17.2 Å². The van der Waals surface area contributed by atoms with Gasteiger partial charge in [-0.1, -0.05) is 25.0 Å². The fourth-order valence-corrected chi connectivity index (χ4v) is 5.59. The van der Waals surface area contributed by atoms with E-state index < -0.39 is 0 Å². The van der Waals surface area contributed by atoms with Crippen molar-refractivity contribution in [2.75, 3.05) is 46.6 Å². The number of rotatable bonds is 8. The molecule has 192 valence electrons. The van der Waals surface area contributed by atoms with E-state index >= 15 is 0 Å². The van der Waals surface area contributed by atoms with E-state index in [4.69, 9.17) is 14.2 Å². The third kappa shape index (κ3) is 5.43. The van der Waals surface area contributed by atoms with Gasteiger partial charge in [0, 0.05) is 38.3 Å². The number of benzene rings is 2. The fraction of sp³-hybridized carbons (Fsp3) is 0.500. The number of fused-ring (bicyclic) bond motifs is 1. The van der Waals surface area contributed by atoms with Gasteiger partial charge in [-0.25, -0.2) is 0 Å². The lowest BCUT2D eigenvalue weighted by molar-refractivity contribution is -0.129. The first-order chi connectivity index (χ1) is 17.6. The van der Waals surface area contributed by atoms with Crippen LogP contribution in [0.5, 0.6) is 17.2 Å². The second-order valence-electron chi connectivity index (χ2n) is 9.77. The van der Waals surface area contributed by atoms with Crippen LogP contribution < -0.4 is 19.5 Å². The molecular formula is C28H35N3O5. The van der Waals surface area contributed by atoms with Crippen molar-refractivity contribution in [2.45, 2.75) is 38.1 Å². The number of amides is 2. The van der Waals surface area contributed by atoms with Crippen molar-refractivity contribution in [3.05, 3.63) is 53.6 Å². The van der Waals surface area contributed by atoms with Gasteiger partial charge in [-0.05, 0) is 61.1 Å². The molecule has 2 heterocycles. The Hall–Kier alpha value is -3.26. The molecule has 0 spiro atoms. The van der Waals surface area contributed by atoms with Crippen LogP contribution in [0.2, 0.25) is 0 Å². The number of piperazine rings is 1. The zero-order valence-corrected chi connectivity index (χ0v) is 20.9. The quantitative estimate of drug-likeness (QED) is 0.609. The van der Waals surface area contributed by atoms with Crippen LogP contribution >= 0.6 is 0 Å². The summed E-state index contributed by atoms with van der Waals surface area (Å²) in [5.74, 6) is 2.61. The van der Waals surface area contributed by atoms with Crippen LogP contribution in [-0.2, 0) is 11.2 Å². The van der Waals surface area contributed by atoms with Crippen molar-refractivity contribution in [3.63, 3.8) is 0 Å². The first-order valence-corrected chi connectivity index (χ1v) is 13.0. The van der Waals surface area contributed by atoms with E-state index in [0.29, 0.717) is 55.7 Å². The Morgan fingerprint density at radius 2 is 1.72 bits per heavy atom. The largest absolute Gasteiger partial charge is 0.497 e. The van der Waals surface area contributed by atoms with Gasteiger partial charge < -0.3 is 24.4 Å². The Bertz CT molecular complexity index is 1060. The first-order valence-electron chi connectivity index (χ1n) is 13.0. The summed E-state index contributed by atoms with van der Waals surface area (Å²) in [6, 6.07) is 13.2. The minimum atomic E-state index is -0.133. The van der Waals surface area contributed by atoms with Gasteiger partial charge in [-0.3, -0.25) is 14.5 Å². The maximum atomic E-state index is 13.4. The van der Waals surface area contributed by atoms with Gasteiger partial charge in [0.25, 0.3) is 5.91 Å². The summed E-state index contributed by atoms with van der Waals surface area (Å²) >= 11 is 0. The maximum Gasteiger partial charge on any atom is 0.254 e. The molecule has 0 unspecified atom stereocenters. The molecule has 0 bridgehead atoms. The molecule has 1 atom stereocenters. The molecular weight excluding hydrogens is 458 g/mol. The third-order valence-electron chi connectivity index (χ3n) is 7.60. The molecule has 5 rings (SSSR count). The second-order valence-corrected chi connectivity index (χ2v) is 9.77. The second kappa shape index (κ2) is 11.2. The fourth-order valence-electron chi connectivity index (χ4n) is 5.59. The normalized spacial score (nSPS) is 18.8. The molecule has 2 aromatic rings. The van der Waals surface area contributed by atoms with Crippen molar-refractivity contribution in [1.29, 1.82) is 0 Å². The summed E-state index contributed by atoms with van der Waals surface area (Å²) in [6.07, 6.45) is 5.33. The highest BCUT2D eigenvalue weighted by atomic mass is 16.7. The topological polar surface area (TPSA) is 80.3 Å². The number of nitrogens with one attached hydrogen (secondary N) is 1. The monoisotopic (exact) mass is 493 g/mol. The van der Waals surface area contributed by atoms with Crippen LogP contribution in [0.25, 0.3) is 0 Å². The van der Waals surface area contributed by atoms with Crippen LogP contribution in [0.15, 0.2) is 42.5 Å². The summed E-state index contributed by atoms with van der Waals surface area (Å²) < 4.78 is 16.0. The zero-order chi connectivity index (χ0) is 24.9. The van der Waals surface area contributed by atoms with Gasteiger partial charge in [0.05, 0.1) is 13.2 Å². The average Bonchev–Trinajstić information content (AvgIpc) is 3.61. The lowest BCUT2D eigenvalue weighted by atomic mass is 9.94. The molecule has 1 N–H and O–H groups in total. The zero-order valence-electron chi connectivity index (χ0n) is 20.9. The SMILES string of the molecule is COc1ccc(CCNC(=O)[C@H](C2CCCC2)N2CCN(C(=O)c3ccc4c(c3)OCO4)CC2)cc1. The van der Waals surface area contributed by atoms with Crippen LogP contribution in [0, 0.1) is 5.92 Å². The summed E-state index contributed by atoms with van der Waals surface area (Å²) in [5, 5.41) is 3.20. The smallest absolute Gasteiger partial charge is 0.254 e. The van der Waals surface area contributed by atoms with E-state index in [0.717, 1.165) is 25.0 Å². The highest BCUT2D eigenvalue weighted by molar-refractivity contribution is 5.95. The van der Waals surface area contributed by atoms with E-state index in [2.05, 4.69) is 10.2 Å². The summed E-state index contributed by atoms with van der Waals surface area (Å²) in [7, 11) is 1.66. The van der Waals surface area contributed by atoms with Crippen molar-refractivity contribution in [2.24, 2.45) is 5.92 Å². The molecule has 3 aliphatic rings. The number of ether oxygens (including phenoxy) is 3. The van der Waals surface area contributed by atoms with Crippen LogP contribution in [0.4, 0.5) is 0 Å². The van der Waals surface area contributed by atoms with Crippen LogP contribution in [0.3, 0.4) is 0 Å². The maximum absolute atomic E-state index is 13.4. The van der Waals surface area contributed by atoms with E-state index in [9.17, 15) is 9.59 Å². The van der Waals surface area contributed by atoms with Crippen molar-refractivity contribution in [1.82, 2.24) is 15.1 Å². The van der Waals surface area contributed by atoms with E-state index in [1.165, 1.54) is 18.4 Å². The number of carbonyl (C=O) groups excluding carboxylic acids is 2. The molecule has 8 nitrogen and oxygen atoms in total. The van der Waals surface area contributed by atoms with Gasteiger partial charge in [0.1, 0.15) is 5.75 Å². The molecule has 8 heteroatoms. The molecule has 1 saturated heterocycles. The minimum Gasteiger partial charge on any atom is -0.497 e. The van der Waals surface area contributed by atoms with Gasteiger partial charge in [-0.15, -0.1) is 0 Å². The summed E-state index contributed by atoms with van der Waals surface area (Å²) in [6.45, 7) is 3.41. The highest BCUT2D eigenvalue weighted by Crippen LogP contribution is 2.33. The molecule has 2 aromatic carbocycles. The lowest BCUT2D eigenvalue weighted by Crippen LogP contribution is -2.58. The summed E-state index contributed by atoms with van der Waals surface area (Å²) in [5.41, 5.74) is 1.78. The Morgan fingerprint density at radius 1 is 1.00 bits per heavy atom. The number of nitrogens with zero attached hydrogens (tertiary/aromatic N) is 2. The average molecular weight is 494 g/mol. The first kappa shape index (κ1) is 24.4. The molecule has 2 fully saturated rings. The van der Waals surface area contributed by atoms with E-state index in [-0.39, 0.29) is 24.6 Å². The molecule has 0 radical (unpaired) electrons. The predicted molar refractivity (Wildman–Crippen MR) is 135 cm³/mol. The Morgan fingerprint density at radius 3 is 2.44 bits per heavy atom. The predicted octanol–water partition coefficient (Wildman–Crippen LogP) is 3.10. The number of methoxy groups -OCH3 is 1. The number of hydrogen-bond donors (Lipinski definition) is 1. The van der Waals surface area contributed by atoms with Crippen molar-refractivity contribution < 1.29 is 23.8 Å². The van der Waals surface area contributed by atoms with Crippen LogP contribution in [-0.4, -0.2) is 74.3 Å². The molecule has 1 aliphatic carbocycles. The minimum absolute atomic E-state index is 0.00527. The van der Waals surface area contributed by atoms with Crippen molar-refractivity contribution >= 4 is 11.8 Å². The lowest BCUT2D eigenvalue weighted by Gasteiger charge is -2.40. The third-order valence-corrected chi connectivity index (χ3v) is 7.60. The summed E-state index contributed by atoms with van der Waals surface area (Å²) in [4.78, 5) is 30.7. The highest BCUT2D eigenvalue weighted by Gasteiger charge is 2.37. The molecule has 36 heavy (non-hydrogen) atoms. The molecule has 0 aromatic heterocycles. The van der Waals surface area contributed by atoms with E-state index in [1.54, 1.807) is 25.3 Å². The van der Waals surface area contributed by atoms with Gasteiger partial charge in [0.15, 0.2) is 11.5 Å². The molecule has 2 amide bonds. The van der Waals surface area contributed by atoms with Gasteiger partial charge in [-0.2, -0.15) is 0 Å². The number of carbonyl (C=O) groups is 2. The van der Waals surface area contributed by atoms with Gasteiger partial charge >= 0.3 is 0 Å².